The van der Waals surface area contributed by atoms with E-state index in [1.165, 1.54) is 4.88 Å². The lowest BCUT2D eigenvalue weighted by Gasteiger charge is -2.18. The van der Waals surface area contributed by atoms with Gasteiger partial charge in [-0.05, 0) is 39.8 Å². The zero-order valence-corrected chi connectivity index (χ0v) is 11.4. The molecule has 0 spiro atoms. The summed E-state index contributed by atoms with van der Waals surface area (Å²) in [5, 5.41) is 11.4. The van der Waals surface area contributed by atoms with Crippen LogP contribution in [-0.2, 0) is 6.54 Å². The van der Waals surface area contributed by atoms with Gasteiger partial charge in [-0.2, -0.15) is 0 Å². The van der Waals surface area contributed by atoms with E-state index < -0.39 is 0 Å². The van der Waals surface area contributed by atoms with Crippen LogP contribution in [0, 0.1) is 6.92 Å². The number of hydrogen-bond donors (Lipinski definition) is 1. The van der Waals surface area contributed by atoms with Crippen molar-refractivity contribution in [3.63, 3.8) is 0 Å². The minimum absolute atomic E-state index is 0.0498. The van der Waals surface area contributed by atoms with Gasteiger partial charge in [0.2, 0.25) is 5.89 Å². The standard InChI is InChI=1S/C12H17N3OS/c1-8-5-6-9(17-8)11-15-14-10(16-11)7-13-12(2,3)4/h5-6,13H,7H2,1-4H3. The summed E-state index contributed by atoms with van der Waals surface area (Å²) in [6.45, 7) is 8.97. The second kappa shape index (κ2) is 4.58. The van der Waals surface area contributed by atoms with E-state index in [1.54, 1.807) is 11.3 Å². The molecule has 0 aliphatic heterocycles. The number of aromatic nitrogens is 2. The van der Waals surface area contributed by atoms with Gasteiger partial charge in [0, 0.05) is 10.4 Å². The third-order valence-electron chi connectivity index (χ3n) is 2.19. The zero-order valence-electron chi connectivity index (χ0n) is 10.6. The maximum Gasteiger partial charge on any atom is 0.257 e. The first-order valence-electron chi connectivity index (χ1n) is 5.58. The number of nitrogens with zero attached hydrogens (tertiary/aromatic N) is 2. The Balaban J connectivity index is 2.06. The van der Waals surface area contributed by atoms with Crippen LogP contribution in [0.25, 0.3) is 10.8 Å². The summed E-state index contributed by atoms with van der Waals surface area (Å²) >= 11 is 1.66. The fraction of sp³-hybridized carbons (Fsp3) is 0.500. The molecule has 92 valence electrons. The minimum atomic E-state index is 0.0498. The van der Waals surface area contributed by atoms with E-state index in [-0.39, 0.29) is 5.54 Å². The van der Waals surface area contributed by atoms with Crippen molar-refractivity contribution >= 4 is 11.3 Å². The highest BCUT2D eigenvalue weighted by Crippen LogP contribution is 2.26. The van der Waals surface area contributed by atoms with Crippen LogP contribution in [0.3, 0.4) is 0 Å². The van der Waals surface area contributed by atoms with Crippen LogP contribution in [0.4, 0.5) is 0 Å². The maximum atomic E-state index is 5.60. The highest BCUT2D eigenvalue weighted by Gasteiger charge is 2.13. The molecule has 17 heavy (non-hydrogen) atoms. The topological polar surface area (TPSA) is 51.0 Å². The Labute approximate surface area is 105 Å². The first-order valence-corrected chi connectivity index (χ1v) is 6.40. The molecule has 4 nitrogen and oxygen atoms in total. The maximum absolute atomic E-state index is 5.60. The van der Waals surface area contributed by atoms with Crippen molar-refractivity contribution in [3.05, 3.63) is 22.9 Å². The van der Waals surface area contributed by atoms with Crippen LogP contribution in [0.5, 0.6) is 0 Å². The monoisotopic (exact) mass is 251 g/mol. The normalized spacial score (nSPS) is 12.0. The van der Waals surface area contributed by atoms with Gasteiger partial charge in [0.1, 0.15) is 0 Å². The van der Waals surface area contributed by atoms with Gasteiger partial charge in [-0.3, -0.25) is 0 Å². The SMILES string of the molecule is Cc1ccc(-c2nnc(CNC(C)(C)C)o2)s1. The van der Waals surface area contributed by atoms with E-state index >= 15 is 0 Å². The summed E-state index contributed by atoms with van der Waals surface area (Å²) in [5.74, 6) is 1.23. The van der Waals surface area contributed by atoms with Crippen molar-refractivity contribution in [3.8, 4) is 10.8 Å². The van der Waals surface area contributed by atoms with Crippen LogP contribution in [0.15, 0.2) is 16.5 Å². The summed E-state index contributed by atoms with van der Waals surface area (Å²) in [4.78, 5) is 2.27. The Kier molecular flexibility index (Phi) is 3.31. The minimum Gasteiger partial charge on any atom is -0.419 e. The molecule has 0 aliphatic carbocycles. The lowest BCUT2D eigenvalue weighted by Crippen LogP contribution is -2.35. The van der Waals surface area contributed by atoms with Crippen LogP contribution in [0.1, 0.15) is 31.5 Å². The third kappa shape index (κ3) is 3.38. The van der Waals surface area contributed by atoms with E-state index in [0.717, 1.165) is 4.88 Å². The highest BCUT2D eigenvalue weighted by molar-refractivity contribution is 7.15. The first kappa shape index (κ1) is 12.3. The van der Waals surface area contributed by atoms with Crippen LogP contribution in [0.2, 0.25) is 0 Å². The van der Waals surface area contributed by atoms with E-state index in [9.17, 15) is 0 Å². The molecule has 0 bridgehead atoms. The van der Waals surface area contributed by atoms with Crippen LogP contribution in [-0.4, -0.2) is 15.7 Å². The van der Waals surface area contributed by atoms with Gasteiger partial charge in [0.05, 0.1) is 11.4 Å². The van der Waals surface area contributed by atoms with Crippen molar-refractivity contribution in [2.24, 2.45) is 0 Å². The van der Waals surface area contributed by atoms with Crippen LogP contribution >= 0.6 is 11.3 Å². The van der Waals surface area contributed by atoms with Crippen molar-refractivity contribution < 1.29 is 4.42 Å². The van der Waals surface area contributed by atoms with Crippen molar-refractivity contribution in [2.45, 2.75) is 39.8 Å². The Hall–Kier alpha value is -1.20. The number of rotatable bonds is 3. The van der Waals surface area contributed by atoms with Crippen LogP contribution < -0.4 is 5.32 Å². The molecule has 2 rings (SSSR count). The number of aryl methyl sites for hydroxylation is 1. The van der Waals surface area contributed by atoms with Gasteiger partial charge in [0.15, 0.2) is 0 Å². The van der Waals surface area contributed by atoms with Gasteiger partial charge >= 0.3 is 0 Å². The van der Waals surface area contributed by atoms with E-state index in [1.807, 2.05) is 6.07 Å². The zero-order chi connectivity index (χ0) is 12.5. The average molecular weight is 251 g/mol. The van der Waals surface area contributed by atoms with Gasteiger partial charge in [-0.1, -0.05) is 0 Å². The molecule has 0 aromatic carbocycles. The molecule has 0 radical (unpaired) electrons. The molecule has 1 N–H and O–H groups in total. The fourth-order valence-corrected chi connectivity index (χ4v) is 2.10. The van der Waals surface area contributed by atoms with E-state index in [0.29, 0.717) is 18.3 Å². The predicted molar refractivity (Wildman–Crippen MR) is 68.9 cm³/mol. The molecule has 2 heterocycles. The van der Waals surface area contributed by atoms with Crippen molar-refractivity contribution in [2.75, 3.05) is 0 Å². The molecule has 0 amide bonds. The van der Waals surface area contributed by atoms with Gasteiger partial charge < -0.3 is 9.73 Å². The molecule has 5 heteroatoms. The summed E-state index contributed by atoms with van der Waals surface area (Å²) in [7, 11) is 0. The molecule has 0 fully saturated rings. The second-order valence-corrected chi connectivity index (χ2v) is 6.30. The first-order chi connectivity index (χ1) is 7.94. The summed E-state index contributed by atoms with van der Waals surface area (Å²) in [6.07, 6.45) is 0. The molecular weight excluding hydrogens is 234 g/mol. The van der Waals surface area contributed by atoms with Crippen molar-refractivity contribution in [1.29, 1.82) is 0 Å². The molecule has 0 atom stereocenters. The summed E-state index contributed by atoms with van der Waals surface area (Å²) < 4.78 is 5.60. The number of nitrogens with one attached hydrogen (secondary N) is 1. The largest absolute Gasteiger partial charge is 0.419 e. The lowest BCUT2D eigenvalue weighted by molar-refractivity contribution is 0.384. The van der Waals surface area contributed by atoms with Gasteiger partial charge in [-0.15, -0.1) is 21.5 Å². The average Bonchev–Trinajstić information content (AvgIpc) is 2.81. The van der Waals surface area contributed by atoms with E-state index in [4.69, 9.17) is 4.42 Å². The molecule has 2 aromatic heterocycles. The quantitative estimate of drug-likeness (QED) is 0.911. The molecule has 0 unspecified atom stereocenters. The second-order valence-electron chi connectivity index (χ2n) is 5.01. The number of thiophene rings is 1. The lowest BCUT2D eigenvalue weighted by atomic mass is 10.1. The Morgan fingerprint density at radius 1 is 1.29 bits per heavy atom. The fourth-order valence-electron chi connectivity index (χ4n) is 1.31. The summed E-state index contributed by atoms with van der Waals surface area (Å²) in [6, 6.07) is 4.06. The Bertz CT molecular complexity index is 496. The summed E-state index contributed by atoms with van der Waals surface area (Å²) in [5.41, 5.74) is 0.0498. The Morgan fingerprint density at radius 3 is 2.65 bits per heavy atom. The third-order valence-corrected chi connectivity index (χ3v) is 3.18. The number of hydrogen-bond acceptors (Lipinski definition) is 5. The van der Waals surface area contributed by atoms with Crippen molar-refractivity contribution in [1.82, 2.24) is 15.5 Å². The Morgan fingerprint density at radius 2 is 2.06 bits per heavy atom. The molecular formula is C12H17N3OS. The van der Waals surface area contributed by atoms with E-state index in [2.05, 4.69) is 49.3 Å². The molecule has 2 aromatic rings. The van der Waals surface area contributed by atoms with Gasteiger partial charge in [0.25, 0.3) is 5.89 Å². The molecule has 0 aliphatic rings. The van der Waals surface area contributed by atoms with Gasteiger partial charge in [-0.25, -0.2) is 0 Å². The molecule has 0 saturated carbocycles. The smallest absolute Gasteiger partial charge is 0.257 e. The highest BCUT2D eigenvalue weighted by atomic mass is 32.1. The predicted octanol–water partition coefficient (Wildman–Crippen LogP) is 2.99. The molecule has 0 saturated heterocycles.